The number of methoxy groups -OCH3 is 1. The van der Waals surface area contributed by atoms with E-state index in [4.69, 9.17) is 18.9 Å². The van der Waals surface area contributed by atoms with Crippen LogP contribution in [0.5, 0.6) is 28.7 Å². The highest BCUT2D eigenvalue weighted by atomic mass is 32.2. The monoisotopic (exact) mass is 498 g/mol. The molecule has 9 nitrogen and oxygen atoms in total. The first kappa shape index (κ1) is 23.3. The average Bonchev–Trinajstić information content (AvgIpc) is 3.30. The molecule has 35 heavy (non-hydrogen) atoms. The van der Waals surface area contributed by atoms with Crippen molar-refractivity contribution >= 4 is 10.0 Å². The molecule has 0 saturated heterocycles. The Morgan fingerprint density at radius 1 is 1.00 bits per heavy atom. The molecule has 5 rings (SSSR count). The number of aromatic hydroxyl groups is 1. The van der Waals surface area contributed by atoms with Crippen LogP contribution in [0.15, 0.2) is 59.5 Å². The molecule has 2 aliphatic heterocycles. The van der Waals surface area contributed by atoms with E-state index in [1.807, 2.05) is 26.0 Å². The quantitative estimate of drug-likeness (QED) is 0.443. The van der Waals surface area contributed by atoms with Gasteiger partial charge in [0.25, 0.3) is 10.0 Å². The van der Waals surface area contributed by atoms with E-state index >= 15 is 0 Å². The van der Waals surface area contributed by atoms with Gasteiger partial charge in [-0.15, -0.1) is 4.83 Å². The second-order valence-corrected chi connectivity index (χ2v) is 10.3. The maximum absolute atomic E-state index is 12.9. The lowest BCUT2D eigenvalue weighted by Gasteiger charge is -2.38. The summed E-state index contributed by atoms with van der Waals surface area (Å²) in [5, 5.41) is 10.9. The van der Waals surface area contributed by atoms with E-state index in [-0.39, 0.29) is 29.3 Å². The third-order valence-electron chi connectivity index (χ3n) is 6.35. The molecular formula is C25H26N2O7S. The number of para-hydroxylation sites is 1. The van der Waals surface area contributed by atoms with Gasteiger partial charge >= 0.3 is 0 Å². The van der Waals surface area contributed by atoms with Crippen LogP contribution in [-0.4, -0.2) is 33.7 Å². The molecule has 0 spiro atoms. The fourth-order valence-corrected chi connectivity index (χ4v) is 5.35. The summed E-state index contributed by atoms with van der Waals surface area (Å²) < 4.78 is 48.3. The number of phenolic OH excluding ortho intramolecular Hbond substituents is 1. The first-order valence-corrected chi connectivity index (χ1v) is 12.6. The van der Waals surface area contributed by atoms with E-state index in [9.17, 15) is 13.5 Å². The van der Waals surface area contributed by atoms with Crippen LogP contribution in [0.3, 0.4) is 0 Å². The first-order valence-electron chi connectivity index (χ1n) is 11.1. The summed E-state index contributed by atoms with van der Waals surface area (Å²) in [6.45, 7) is 3.90. The van der Waals surface area contributed by atoms with Crippen molar-refractivity contribution in [2.45, 2.75) is 30.9 Å². The molecule has 3 N–H and O–H groups in total. The van der Waals surface area contributed by atoms with Gasteiger partial charge in [-0.2, -0.15) is 0 Å². The number of sulfonamides is 1. The zero-order valence-corrected chi connectivity index (χ0v) is 20.3. The van der Waals surface area contributed by atoms with Crippen LogP contribution in [-0.2, 0) is 10.0 Å². The number of phenols is 1. The van der Waals surface area contributed by atoms with Crippen molar-refractivity contribution in [3.63, 3.8) is 0 Å². The smallest absolute Gasteiger partial charge is 0.253 e. The third kappa shape index (κ3) is 4.24. The van der Waals surface area contributed by atoms with E-state index in [0.29, 0.717) is 28.6 Å². The van der Waals surface area contributed by atoms with Gasteiger partial charge in [0.2, 0.25) is 6.79 Å². The molecule has 0 fully saturated rings. The molecule has 0 unspecified atom stereocenters. The SMILES string of the molecule is COc1cccc([C@@H]2c3cc4c(cc3O[C@@H](NNS(=O)(=O)c3ccc(C)cc3)[C@@H]2C)OCO4)c1O. The zero-order chi connectivity index (χ0) is 24.7. The number of benzene rings is 3. The maximum atomic E-state index is 12.9. The molecule has 0 amide bonds. The van der Waals surface area contributed by atoms with Crippen molar-refractivity contribution in [2.75, 3.05) is 13.9 Å². The van der Waals surface area contributed by atoms with Gasteiger partial charge in [0.1, 0.15) is 5.75 Å². The molecular weight excluding hydrogens is 472 g/mol. The topological polar surface area (TPSA) is 115 Å². The van der Waals surface area contributed by atoms with E-state index in [2.05, 4.69) is 10.3 Å². The molecule has 2 aliphatic rings. The number of fused-ring (bicyclic) bond motifs is 2. The van der Waals surface area contributed by atoms with Gasteiger partial charge in [-0.1, -0.05) is 36.8 Å². The Bertz CT molecular complexity index is 1360. The molecule has 0 bridgehead atoms. The number of rotatable bonds is 6. The van der Waals surface area contributed by atoms with E-state index in [0.717, 1.165) is 11.1 Å². The number of nitrogens with one attached hydrogen (secondary N) is 2. The maximum Gasteiger partial charge on any atom is 0.253 e. The highest BCUT2D eigenvalue weighted by Gasteiger charge is 2.40. The molecule has 3 aromatic rings. The molecule has 0 radical (unpaired) electrons. The molecule has 3 aromatic carbocycles. The van der Waals surface area contributed by atoms with Gasteiger partial charge in [-0.25, -0.2) is 13.8 Å². The second kappa shape index (κ2) is 8.95. The molecule has 184 valence electrons. The number of ether oxygens (including phenoxy) is 4. The highest BCUT2D eigenvalue weighted by Crippen LogP contribution is 2.51. The van der Waals surface area contributed by atoms with E-state index < -0.39 is 16.3 Å². The predicted octanol–water partition coefficient (Wildman–Crippen LogP) is 3.41. The molecule has 3 atom stereocenters. The Hall–Kier alpha value is -3.47. The van der Waals surface area contributed by atoms with Crippen LogP contribution < -0.4 is 29.2 Å². The van der Waals surface area contributed by atoms with Crippen LogP contribution >= 0.6 is 0 Å². The standard InChI is InChI=1S/C25H26N2O7S/c1-14-7-9-16(10-8-14)35(29,30)27-26-25-15(2)23(17-5-4-6-19(31-3)24(17)28)18-11-21-22(33-13-32-21)12-20(18)34-25/h4-12,15,23,25-28H,13H2,1-3H3/t15-,23-,25-/m1/s1. The van der Waals surface area contributed by atoms with Crippen molar-refractivity contribution in [1.29, 1.82) is 0 Å². The summed E-state index contributed by atoms with van der Waals surface area (Å²) >= 11 is 0. The van der Waals surface area contributed by atoms with Crippen molar-refractivity contribution in [2.24, 2.45) is 5.92 Å². The van der Waals surface area contributed by atoms with E-state index in [1.165, 1.54) is 19.2 Å². The number of hydrogen-bond acceptors (Lipinski definition) is 8. The third-order valence-corrected chi connectivity index (χ3v) is 7.63. The van der Waals surface area contributed by atoms with Gasteiger partial charge in [0, 0.05) is 29.0 Å². The normalized spacial score (nSPS) is 20.7. The Kier molecular flexibility index (Phi) is 5.96. The second-order valence-electron chi connectivity index (χ2n) is 8.58. The van der Waals surface area contributed by atoms with Gasteiger partial charge in [0.05, 0.1) is 12.0 Å². The number of hydrogen-bond donors (Lipinski definition) is 3. The molecule has 2 heterocycles. The highest BCUT2D eigenvalue weighted by molar-refractivity contribution is 7.89. The Morgan fingerprint density at radius 3 is 2.43 bits per heavy atom. The van der Waals surface area contributed by atoms with Gasteiger partial charge in [-0.05, 0) is 31.2 Å². The van der Waals surface area contributed by atoms with Crippen LogP contribution in [0.4, 0.5) is 0 Å². The summed E-state index contributed by atoms with van der Waals surface area (Å²) in [4.78, 5) is 2.57. The summed E-state index contributed by atoms with van der Waals surface area (Å²) in [5.74, 6) is 1.27. The molecule has 0 aliphatic carbocycles. The van der Waals surface area contributed by atoms with Crippen LogP contribution in [0, 0.1) is 12.8 Å². The largest absolute Gasteiger partial charge is 0.504 e. The minimum atomic E-state index is -3.84. The summed E-state index contributed by atoms with van der Waals surface area (Å²) in [5.41, 5.74) is 5.19. The summed E-state index contributed by atoms with van der Waals surface area (Å²) in [6, 6.07) is 15.4. The lowest BCUT2D eigenvalue weighted by atomic mass is 9.78. The van der Waals surface area contributed by atoms with Crippen molar-refractivity contribution in [3.8, 4) is 28.7 Å². The Balaban J connectivity index is 1.51. The van der Waals surface area contributed by atoms with Crippen molar-refractivity contribution in [3.05, 3.63) is 71.3 Å². The van der Waals surface area contributed by atoms with Gasteiger partial charge < -0.3 is 24.1 Å². The Labute approximate surface area is 203 Å². The fraction of sp³-hybridized carbons (Fsp3) is 0.280. The average molecular weight is 499 g/mol. The summed E-state index contributed by atoms with van der Waals surface area (Å²) in [7, 11) is -2.35. The lowest BCUT2D eigenvalue weighted by molar-refractivity contribution is 0.0732. The van der Waals surface area contributed by atoms with E-state index in [1.54, 1.807) is 30.3 Å². The molecule has 10 heteroatoms. The number of aryl methyl sites for hydroxylation is 1. The van der Waals surface area contributed by atoms with Crippen LogP contribution in [0.2, 0.25) is 0 Å². The fourth-order valence-electron chi connectivity index (χ4n) is 4.46. The molecule has 0 saturated carbocycles. The van der Waals surface area contributed by atoms with Crippen molar-refractivity contribution in [1.82, 2.24) is 10.3 Å². The molecule has 0 aromatic heterocycles. The zero-order valence-electron chi connectivity index (χ0n) is 19.4. The minimum Gasteiger partial charge on any atom is -0.504 e. The minimum absolute atomic E-state index is 0.0105. The predicted molar refractivity (Wildman–Crippen MR) is 127 cm³/mol. The summed E-state index contributed by atoms with van der Waals surface area (Å²) in [6.07, 6.45) is -0.765. The van der Waals surface area contributed by atoms with Crippen molar-refractivity contribution < 1.29 is 32.5 Å². The first-order chi connectivity index (χ1) is 16.8. The lowest BCUT2D eigenvalue weighted by Crippen LogP contribution is -2.52. The number of hydrazine groups is 1. The van der Waals surface area contributed by atoms with Gasteiger partial charge in [-0.3, -0.25) is 0 Å². The Morgan fingerprint density at radius 2 is 1.71 bits per heavy atom. The van der Waals surface area contributed by atoms with Crippen LogP contribution in [0.25, 0.3) is 0 Å². The van der Waals surface area contributed by atoms with Crippen LogP contribution in [0.1, 0.15) is 29.5 Å². The van der Waals surface area contributed by atoms with Gasteiger partial charge in [0.15, 0.2) is 29.2 Å².